The molecule has 0 atom stereocenters. The van der Waals surface area contributed by atoms with E-state index in [0.29, 0.717) is 0 Å². The van der Waals surface area contributed by atoms with Crippen LogP contribution in [0.15, 0.2) is 35.5 Å². The highest BCUT2D eigenvalue weighted by Gasteiger charge is 2.24. The maximum atomic E-state index is 5.25. The molecule has 0 N–H and O–H groups in total. The van der Waals surface area contributed by atoms with Crippen LogP contribution in [0.2, 0.25) is 0 Å². The van der Waals surface area contributed by atoms with E-state index in [4.69, 9.17) is 9.47 Å². The van der Waals surface area contributed by atoms with Gasteiger partial charge in [-0.25, -0.2) is 0 Å². The van der Waals surface area contributed by atoms with Crippen molar-refractivity contribution in [3.05, 3.63) is 35.5 Å². The van der Waals surface area contributed by atoms with Crippen LogP contribution in [0.1, 0.15) is 27.2 Å². The summed E-state index contributed by atoms with van der Waals surface area (Å²) in [6.45, 7) is 10.8. The summed E-state index contributed by atoms with van der Waals surface area (Å²) in [5.41, 5.74) is 3.71. The van der Waals surface area contributed by atoms with Gasteiger partial charge in [0.15, 0.2) is 6.29 Å². The molecule has 0 bridgehead atoms. The molecule has 1 rings (SSSR count). The van der Waals surface area contributed by atoms with Crippen molar-refractivity contribution in [3.63, 3.8) is 0 Å². The molecule has 0 aromatic heterocycles. The fourth-order valence-electron chi connectivity index (χ4n) is 1.81. The van der Waals surface area contributed by atoms with Crippen LogP contribution in [0.25, 0.3) is 0 Å². The lowest BCUT2D eigenvalue weighted by Gasteiger charge is -2.29. The van der Waals surface area contributed by atoms with Gasteiger partial charge in [0.2, 0.25) is 0 Å². The number of allylic oxidation sites excluding steroid dienone is 3. The van der Waals surface area contributed by atoms with Gasteiger partial charge in [0.1, 0.15) is 0 Å². The summed E-state index contributed by atoms with van der Waals surface area (Å²) >= 11 is 0. The summed E-state index contributed by atoms with van der Waals surface area (Å²) in [6, 6.07) is 0. The van der Waals surface area contributed by atoms with E-state index in [1.54, 1.807) is 14.2 Å². The standard InChI is InChI=1S/C14H22O2/c1-10-9-11(14(2,3)4)7-8-12(10)13(15-5)16-6/h7-8,13H,1,9H2,2-6H3. The number of hydrogen-bond acceptors (Lipinski definition) is 2. The molecule has 0 amide bonds. The summed E-state index contributed by atoms with van der Waals surface area (Å²) < 4.78 is 10.5. The fourth-order valence-corrected chi connectivity index (χ4v) is 1.81. The van der Waals surface area contributed by atoms with Crippen molar-refractivity contribution in [2.75, 3.05) is 14.2 Å². The van der Waals surface area contributed by atoms with Crippen LogP contribution in [-0.2, 0) is 9.47 Å². The minimum absolute atomic E-state index is 0.195. The lowest BCUT2D eigenvalue weighted by Crippen LogP contribution is -2.21. The minimum atomic E-state index is -0.301. The molecule has 0 spiro atoms. The maximum absolute atomic E-state index is 5.25. The first-order valence-electron chi connectivity index (χ1n) is 5.55. The molecule has 0 fully saturated rings. The molecule has 0 unspecified atom stereocenters. The molecule has 2 heteroatoms. The quantitative estimate of drug-likeness (QED) is 0.681. The van der Waals surface area contributed by atoms with Crippen molar-refractivity contribution in [1.82, 2.24) is 0 Å². The van der Waals surface area contributed by atoms with Gasteiger partial charge in [0, 0.05) is 19.8 Å². The van der Waals surface area contributed by atoms with Crippen molar-refractivity contribution < 1.29 is 9.47 Å². The highest BCUT2D eigenvalue weighted by atomic mass is 16.7. The number of methoxy groups -OCH3 is 2. The van der Waals surface area contributed by atoms with E-state index >= 15 is 0 Å². The summed E-state index contributed by atoms with van der Waals surface area (Å²) in [4.78, 5) is 0. The van der Waals surface area contributed by atoms with E-state index in [1.807, 2.05) is 0 Å². The van der Waals surface area contributed by atoms with Crippen molar-refractivity contribution in [2.24, 2.45) is 5.41 Å². The Labute approximate surface area is 98.6 Å². The van der Waals surface area contributed by atoms with Gasteiger partial charge in [-0.1, -0.05) is 45.1 Å². The zero-order chi connectivity index (χ0) is 12.3. The Morgan fingerprint density at radius 1 is 1.19 bits per heavy atom. The summed E-state index contributed by atoms with van der Waals surface area (Å²) in [5, 5.41) is 0. The third-order valence-electron chi connectivity index (χ3n) is 2.92. The minimum Gasteiger partial charge on any atom is -0.352 e. The molecular formula is C14H22O2. The second-order valence-corrected chi connectivity index (χ2v) is 5.15. The van der Waals surface area contributed by atoms with Crippen LogP contribution in [0, 0.1) is 5.41 Å². The molecule has 0 aromatic rings. The molecule has 16 heavy (non-hydrogen) atoms. The number of rotatable bonds is 3. The Kier molecular flexibility index (Phi) is 4.11. The SMILES string of the molecule is C=C1CC(C(C)(C)C)=CC=C1C(OC)OC. The first kappa shape index (κ1) is 13.2. The normalized spacial score (nSPS) is 17.5. The predicted molar refractivity (Wildman–Crippen MR) is 67.2 cm³/mol. The molecule has 0 saturated heterocycles. The highest BCUT2D eigenvalue weighted by Crippen LogP contribution is 2.36. The second-order valence-electron chi connectivity index (χ2n) is 5.15. The molecule has 0 radical (unpaired) electrons. The Hall–Kier alpha value is -0.860. The molecule has 1 aliphatic rings. The van der Waals surface area contributed by atoms with Gasteiger partial charge in [0.25, 0.3) is 0 Å². The topological polar surface area (TPSA) is 18.5 Å². The molecule has 0 saturated carbocycles. The van der Waals surface area contributed by atoms with Gasteiger partial charge in [0.05, 0.1) is 0 Å². The van der Waals surface area contributed by atoms with Crippen molar-refractivity contribution in [2.45, 2.75) is 33.5 Å². The Morgan fingerprint density at radius 3 is 2.12 bits per heavy atom. The van der Waals surface area contributed by atoms with Gasteiger partial charge in [-0.2, -0.15) is 0 Å². The monoisotopic (exact) mass is 222 g/mol. The summed E-state index contributed by atoms with van der Waals surface area (Å²) in [7, 11) is 3.29. The molecular weight excluding hydrogens is 200 g/mol. The van der Waals surface area contributed by atoms with Crippen LogP contribution in [0.5, 0.6) is 0 Å². The van der Waals surface area contributed by atoms with Crippen molar-refractivity contribution in [3.8, 4) is 0 Å². The van der Waals surface area contributed by atoms with Gasteiger partial charge < -0.3 is 9.47 Å². The third-order valence-corrected chi connectivity index (χ3v) is 2.92. The zero-order valence-electron chi connectivity index (χ0n) is 11.0. The summed E-state index contributed by atoms with van der Waals surface area (Å²) in [6.07, 6.45) is 4.82. The Morgan fingerprint density at radius 2 is 1.75 bits per heavy atom. The van der Waals surface area contributed by atoms with Gasteiger partial charge >= 0.3 is 0 Å². The number of hydrogen-bond donors (Lipinski definition) is 0. The van der Waals surface area contributed by atoms with E-state index < -0.39 is 0 Å². The van der Waals surface area contributed by atoms with E-state index in [1.165, 1.54) is 5.57 Å². The lowest BCUT2D eigenvalue weighted by molar-refractivity contribution is -0.0735. The van der Waals surface area contributed by atoms with E-state index in [9.17, 15) is 0 Å². The molecule has 1 aliphatic carbocycles. The zero-order valence-corrected chi connectivity index (χ0v) is 11.0. The molecule has 0 heterocycles. The van der Waals surface area contributed by atoms with Crippen LogP contribution >= 0.6 is 0 Å². The average molecular weight is 222 g/mol. The van der Waals surface area contributed by atoms with Gasteiger partial charge in [-0.3, -0.25) is 0 Å². The third kappa shape index (κ3) is 2.83. The molecule has 0 aliphatic heterocycles. The van der Waals surface area contributed by atoms with E-state index in [2.05, 4.69) is 39.5 Å². The van der Waals surface area contributed by atoms with Crippen molar-refractivity contribution >= 4 is 0 Å². The highest BCUT2D eigenvalue weighted by molar-refractivity contribution is 5.43. The van der Waals surface area contributed by atoms with Crippen LogP contribution < -0.4 is 0 Å². The van der Waals surface area contributed by atoms with Gasteiger partial charge in [-0.05, 0) is 17.4 Å². The molecule has 0 aromatic carbocycles. The summed E-state index contributed by atoms with van der Waals surface area (Å²) in [5.74, 6) is 0. The molecule has 2 nitrogen and oxygen atoms in total. The first-order valence-corrected chi connectivity index (χ1v) is 5.55. The Balaban J connectivity index is 2.95. The van der Waals surface area contributed by atoms with E-state index in [0.717, 1.165) is 17.6 Å². The molecule has 90 valence electrons. The lowest BCUT2D eigenvalue weighted by atomic mass is 9.79. The van der Waals surface area contributed by atoms with Crippen LogP contribution in [-0.4, -0.2) is 20.5 Å². The van der Waals surface area contributed by atoms with Crippen LogP contribution in [0.4, 0.5) is 0 Å². The smallest absolute Gasteiger partial charge is 0.183 e. The Bertz CT molecular complexity index is 325. The second kappa shape index (κ2) is 4.98. The largest absolute Gasteiger partial charge is 0.352 e. The predicted octanol–water partition coefficient (Wildman–Crippen LogP) is 3.46. The maximum Gasteiger partial charge on any atom is 0.183 e. The van der Waals surface area contributed by atoms with Crippen LogP contribution in [0.3, 0.4) is 0 Å². The van der Waals surface area contributed by atoms with E-state index in [-0.39, 0.29) is 11.7 Å². The van der Waals surface area contributed by atoms with Crippen molar-refractivity contribution in [1.29, 1.82) is 0 Å². The fraction of sp³-hybridized carbons (Fsp3) is 0.571. The van der Waals surface area contributed by atoms with Gasteiger partial charge in [-0.15, -0.1) is 0 Å². The first-order chi connectivity index (χ1) is 7.40. The number of ether oxygens (including phenoxy) is 2. The average Bonchev–Trinajstić information content (AvgIpc) is 2.20.